The van der Waals surface area contributed by atoms with Gasteiger partial charge in [-0.05, 0) is 30.2 Å². The fraction of sp³-hybridized carbons (Fsp3) is 0.381. The highest BCUT2D eigenvalue weighted by molar-refractivity contribution is 5.48. The molecule has 1 aliphatic heterocycles. The van der Waals surface area contributed by atoms with E-state index in [1.807, 2.05) is 42.5 Å². The molecular formula is C21H27N3O3. The zero-order valence-corrected chi connectivity index (χ0v) is 15.5. The molecule has 27 heavy (non-hydrogen) atoms. The van der Waals surface area contributed by atoms with E-state index in [4.69, 9.17) is 9.47 Å². The van der Waals surface area contributed by atoms with Gasteiger partial charge in [-0.3, -0.25) is 0 Å². The minimum Gasteiger partial charge on any atom is -0.491 e. The Kier molecular flexibility index (Phi) is 7.07. The molecule has 0 bridgehead atoms. The molecular weight excluding hydrogens is 342 g/mol. The molecule has 0 saturated carbocycles. The van der Waals surface area contributed by atoms with Crippen molar-refractivity contribution in [3.8, 4) is 5.75 Å². The zero-order chi connectivity index (χ0) is 18.9. The number of benzene rings is 1. The van der Waals surface area contributed by atoms with E-state index < -0.39 is 6.10 Å². The number of pyridine rings is 1. The van der Waals surface area contributed by atoms with E-state index in [2.05, 4.69) is 21.8 Å². The van der Waals surface area contributed by atoms with Crippen LogP contribution in [0.3, 0.4) is 0 Å². The van der Waals surface area contributed by atoms with Crippen LogP contribution in [-0.4, -0.2) is 55.6 Å². The Morgan fingerprint density at radius 1 is 1.26 bits per heavy atom. The third-order valence-electron chi connectivity index (χ3n) is 4.39. The van der Waals surface area contributed by atoms with Gasteiger partial charge < -0.3 is 24.8 Å². The quantitative estimate of drug-likeness (QED) is 0.662. The summed E-state index contributed by atoms with van der Waals surface area (Å²) in [5, 5.41) is 13.4. The summed E-state index contributed by atoms with van der Waals surface area (Å²) < 4.78 is 11.1. The van der Waals surface area contributed by atoms with Crippen LogP contribution in [0.15, 0.2) is 55.3 Å². The van der Waals surface area contributed by atoms with E-state index in [0.717, 1.165) is 55.5 Å². The second-order valence-corrected chi connectivity index (χ2v) is 6.45. The maximum absolute atomic E-state index is 10.2. The molecule has 2 heterocycles. The van der Waals surface area contributed by atoms with Gasteiger partial charge in [0.05, 0.1) is 25.1 Å². The standard InChI is InChI=1S/C21H27N3O3/c1-2-5-17-6-3-4-7-20(17)27-16-19(25)15-22-18-8-9-21(23-14-18)24-10-12-26-13-11-24/h2-4,6-9,14,19,22,25H,1,5,10-13,15-16H2. The van der Waals surface area contributed by atoms with Crippen LogP contribution in [0.25, 0.3) is 0 Å². The monoisotopic (exact) mass is 369 g/mol. The fourth-order valence-corrected chi connectivity index (χ4v) is 2.92. The molecule has 2 N–H and O–H groups in total. The molecule has 6 heteroatoms. The largest absolute Gasteiger partial charge is 0.491 e. The molecule has 1 aromatic heterocycles. The lowest BCUT2D eigenvalue weighted by molar-refractivity contribution is 0.117. The van der Waals surface area contributed by atoms with E-state index >= 15 is 0 Å². The SMILES string of the molecule is C=CCc1ccccc1OCC(O)CNc1ccc(N2CCOCC2)nc1. The normalized spacial score (nSPS) is 15.2. The number of morpholine rings is 1. The summed E-state index contributed by atoms with van der Waals surface area (Å²) in [5.41, 5.74) is 1.94. The minimum absolute atomic E-state index is 0.223. The molecule has 0 radical (unpaired) electrons. The van der Waals surface area contributed by atoms with Crippen LogP contribution in [0.2, 0.25) is 0 Å². The number of anilines is 2. The lowest BCUT2D eigenvalue weighted by Gasteiger charge is -2.27. The van der Waals surface area contributed by atoms with Crippen molar-refractivity contribution in [2.75, 3.05) is 49.7 Å². The average Bonchev–Trinajstić information content (AvgIpc) is 2.73. The van der Waals surface area contributed by atoms with Crippen molar-refractivity contribution in [3.63, 3.8) is 0 Å². The van der Waals surface area contributed by atoms with Gasteiger partial charge in [-0.1, -0.05) is 24.3 Å². The van der Waals surface area contributed by atoms with Gasteiger partial charge in [0.25, 0.3) is 0 Å². The van der Waals surface area contributed by atoms with Gasteiger partial charge >= 0.3 is 0 Å². The van der Waals surface area contributed by atoms with Gasteiger partial charge in [-0.15, -0.1) is 6.58 Å². The van der Waals surface area contributed by atoms with Gasteiger partial charge in [-0.2, -0.15) is 0 Å². The number of ether oxygens (including phenoxy) is 2. The molecule has 1 atom stereocenters. The molecule has 1 aliphatic rings. The van der Waals surface area contributed by atoms with Crippen molar-refractivity contribution in [1.29, 1.82) is 0 Å². The van der Waals surface area contributed by atoms with Gasteiger partial charge in [0, 0.05) is 19.6 Å². The molecule has 1 saturated heterocycles. The number of allylic oxidation sites excluding steroid dienone is 1. The number of aliphatic hydroxyl groups excluding tert-OH is 1. The number of nitrogens with zero attached hydrogens (tertiary/aromatic N) is 2. The first-order valence-electron chi connectivity index (χ1n) is 9.28. The van der Waals surface area contributed by atoms with Crippen LogP contribution in [0.5, 0.6) is 5.75 Å². The molecule has 1 fully saturated rings. The van der Waals surface area contributed by atoms with Gasteiger partial charge in [0.15, 0.2) is 0 Å². The van der Waals surface area contributed by atoms with Crippen LogP contribution in [0, 0.1) is 0 Å². The Morgan fingerprint density at radius 3 is 2.81 bits per heavy atom. The Labute approximate surface area is 160 Å². The summed E-state index contributed by atoms with van der Waals surface area (Å²) in [5.74, 6) is 1.74. The molecule has 0 spiro atoms. The van der Waals surface area contributed by atoms with Crippen LogP contribution in [0.1, 0.15) is 5.56 Å². The van der Waals surface area contributed by atoms with Crippen LogP contribution >= 0.6 is 0 Å². The number of aliphatic hydroxyl groups is 1. The number of hydrogen-bond acceptors (Lipinski definition) is 6. The maximum atomic E-state index is 10.2. The summed E-state index contributed by atoms with van der Waals surface area (Å²) in [6.45, 7) is 7.58. The smallest absolute Gasteiger partial charge is 0.128 e. The lowest BCUT2D eigenvalue weighted by Crippen LogP contribution is -2.36. The van der Waals surface area contributed by atoms with Gasteiger partial charge in [0.1, 0.15) is 24.3 Å². The van der Waals surface area contributed by atoms with E-state index in [-0.39, 0.29) is 6.61 Å². The molecule has 3 rings (SSSR count). The third-order valence-corrected chi connectivity index (χ3v) is 4.39. The second kappa shape index (κ2) is 9.94. The number of rotatable bonds is 9. The first-order valence-corrected chi connectivity index (χ1v) is 9.28. The highest BCUT2D eigenvalue weighted by atomic mass is 16.5. The first kappa shape index (κ1) is 19.2. The Morgan fingerprint density at radius 2 is 2.07 bits per heavy atom. The second-order valence-electron chi connectivity index (χ2n) is 6.45. The Bertz CT molecular complexity index is 715. The van der Waals surface area contributed by atoms with E-state index in [9.17, 15) is 5.11 Å². The Hall–Kier alpha value is -2.57. The van der Waals surface area contributed by atoms with E-state index in [0.29, 0.717) is 6.54 Å². The van der Waals surface area contributed by atoms with Crippen LogP contribution < -0.4 is 15.0 Å². The number of para-hydroxylation sites is 1. The Balaban J connectivity index is 1.45. The van der Waals surface area contributed by atoms with E-state index in [1.54, 1.807) is 6.20 Å². The van der Waals surface area contributed by atoms with Crippen LogP contribution in [-0.2, 0) is 11.2 Å². The number of aromatic nitrogens is 1. The van der Waals surface area contributed by atoms with Crippen LogP contribution in [0.4, 0.5) is 11.5 Å². The summed E-state index contributed by atoms with van der Waals surface area (Å²) in [6, 6.07) is 11.8. The highest BCUT2D eigenvalue weighted by Crippen LogP contribution is 2.19. The van der Waals surface area contributed by atoms with Crippen molar-refractivity contribution in [2.24, 2.45) is 0 Å². The molecule has 0 aliphatic carbocycles. The summed E-state index contributed by atoms with van der Waals surface area (Å²) in [7, 11) is 0. The fourth-order valence-electron chi connectivity index (χ4n) is 2.92. The molecule has 1 unspecified atom stereocenters. The first-order chi connectivity index (χ1) is 13.3. The molecule has 2 aromatic rings. The van der Waals surface area contributed by atoms with Crippen molar-refractivity contribution in [1.82, 2.24) is 4.98 Å². The van der Waals surface area contributed by atoms with Gasteiger partial charge in [0.2, 0.25) is 0 Å². The summed E-state index contributed by atoms with van der Waals surface area (Å²) >= 11 is 0. The minimum atomic E-state index is -0.624. The lowest BCUT2D eigenvalue weighted by atomic mass is 10.1. The maximum Gasteiger partial charge on any atom is 0.128 e. The summed E-state index contributed by atoms with van der Waals surface area (Å²) in [6.07, 6.45) is 3.75. The highest BCUT2D eigenvalue weighted by Gasteiger charge is 2.12. The van der Waals surface area contributed by atoms with Crippen molar-refractivity contribution in [3.05, 3.63) is 60.8 Å². The van der Waals surface area contributed by atoms with Crippen molar-refractivity contribution in [2.45, 2.75) is 12.5 Å². The predicted octanol–water partition coefficient (Wildman–Crippen LogP) is 2.50. The van der Waals surface area contributed by atoms with Crippen molar-refractivity contribution < 1.29 is 14.6 Å². The van der Waals surface area contributed by atoms with E-state index in [1.165, 1.54) is 0 Å². The number of nitrogens with one attached hydrogen (secondary N) is 1. The molecule has 6 nitrogen and oxygen atoms in total. The average molecular weight is 369 g/mol. The molecule has 144 valence electrons. The molecule has 0 amide bonds. The predicted molar refractivity (Wildman–Crippen MR) is 108 cm³/mol. The summed E-state index contributed by atoms with van der Waals surface area (Å²) in [4.78, 5) is 6.70. The van der Waals surface area contributed by atoms with Crippen molar-refractivity contribution >= 4 is 11.5 Å². The zero-order valence-electron chi connectivity index (χ0n) is 15.5. The number of hydrogen-bond donors (Lipinski definition) is 2. The topological polar surface area (TPSA) is 66.9 Å². The molecule has 1 aromatic carbocycles. The third kappa shape index (κ3) is 5.70. The van der Waals surface area contributed by atoms with Gasteiger partial charge in [-0.25, -0.2) is 4.98 Å².